The molecule has 0 saturated carbocycles. The maximum Gasteiger partial charge on any atom is 0.324 e. The third-order valence-corrected chi connectivity index (χ3v) is 4.26. The molecule has 0 aromatic carbocycles. The number of likely N-dealkylation sites (tertiary alicyclic amines) is 1. The Kier molecular flexibility index (Phi) is 3.94. The molecule has 1 N–H and O–H groups in total. The van der Waals surface area contributed by atoms with Gasteiger partial charge in [-0.05, 0) is 39.7 Å². The van der Waals surface area contributed by atoms with Crippen LogP contribution in [0.3, 0.4) is 0 Å². The van der Waals surface area contributed by atoms with Crippen molar-refractivity contribution in [2.75, 3.05) is 6.54 Å². The Hall–Kier alpha value is -1.36. The summed E-state index contributed by atoms with van der Waals surface area (Å²) in [6.45, 7) is 7.70. The number of aromatic nitrogens is 2. The summed E-state index contributed by atoms with van der Waals surface area (Å²) in [5.74, 6) is -0.692. The fourth-order valence-corrected chi connectivity index (χ4v) is 3.07. The van der Waals surface area contributed by atoms with E-state index in [4.69, 9.17) is 0 Å². The summed E-state index contributed by atoms with van der Waals surface area (Å²) in [4.78, 5) is 17.9. The van der Waals surface area contributed by atoms with Gasteiger partial charge in [0.2, 0.25) is 0 Å². The van der Waals surface area contributed by atoms with Crippen molar-refractivity contribution in [3.8, 4) is 0 Å². The molecule has 1 aliphatic heterocycles. The second kappa shape index (κ2) is 5.33. The Balaban J connectivity index is 2.22. The van der Waals surface area contributed by atoms with E-state index >= 15 is 0 Å². The van der Waals surface area contributed by atoms with Crippen LogP contribution in [0.15, 0.2) is 12.5 Å². The number of carbonyl (C=O) groups is 1. The Labute approximate surface area is 114 Å². The Morgan fingerprint density at radius 1 is 1.58 bits per heavy atom. The number of imidazole rings is 1. The fourth-order valence-electron chi connectivity index (χ4n) is 3.07. The molecule has 5 heteroatoms. The van der Waals surface area contributed by atoms with Gasteiger partial charge in [0.05, 0.1) is 12.0 Å². The van der Waals surface area contributed by atoms with Crippen LogP contribution in [0, 0.1) is 0 Å². The third-order valence-electron chi connectivity index (χ3n) is 4.26. The first kappa shape index (κ1) is 14.1. The molecule has 0 radical (unpaired) electrons. The summed E-state index contributed by atoms with van der Waals surface area (Å²) in [5, 5.41) is 9.58. The van der Waals surface area contributed by atoms with E-state index in [0.717, 1.165) is 25.1 Å². The molecular weight excluding hydrogens is 242 g/mol. The Morgan fingerprint density at radius 3 is 2.89 bits per heavy atom. The zero-order valence-electron chi connectivity index (χ0n) is 12.0. The van der Waals surface area contributed by atoms with Gasteiger partial charge in [0.15, 0.2) is 0 Å². The van der Waals surface area contributed by atoms with Crippen LogP contribution in [-0.2, 0) is 11.3 Å². The fraction of sp³-hybridized carbons (Fsp3) is 0.714. The summed E-state index contributed by atoms with van der Waals surface area (Å²) in [5.41, 5.74) is 0.405. The Morgan fingerprint density at radius 2 is 2.32 bits per heavy atom. The van der Waals surface area contributed by atoms with E-state index in [1.54, 1.807) is 0 Å². The van der Waals surface area contributed by atoms with Crippen LogP contribution < -0.4 is 0 Å². The minimum Gasteiger partial charge on any atom is -0.480 e. The van der Waals surface area contributed by atoms with E-state index in [9.17, 15) is 9.90 Å². The van der Waals surface area contributed by atoms with Crippen molar-refractivity contribution in [2.24, 2.45) is 0 Å². The number of rotatable bonds is 5. The minimum absolute atomic E-state index is 0.348. The highest BCUT2D eigenvalue weighted by molar-refractivity contribution is 5.79. The van der Waals surface area contributed by atoms with Crippen LogP contribution in [-0.4, -0.2) is 37.6 Å². The summed E-state index contributed by atoms with van der Waals surface area (Å²) in [6, 6.07) is 0.348. The average Bonchev–Trinajstić information content (AvgIpc) is 2.96. The van der Waals surface area contributed by atoms with E-state index in [1.165, 1.54) is 0 Å². The molecule has 2 heterocycles. The highest BCUT2D eigenvalue weighted by Gasteiger charge is 2.46. The van der Waals surface area contributed by atoms with Crippen molar-refractivity contribution >= 4 is 5.97 Å². The molecule has 1 aromatic heterocycles. The molecule has 2 rings (SSSR count). The molecule has 19 heavy (non-hydrogen) atoms. The summed E-state index contributed by atoms with van der Waals surface area (Å²) in [6.07, 6.45) is 6.02. The van der Waals surface area contributed by atoms with Gasteiger partial charge in [-0.3, -0.25) is 9.69 Å². The van der Waals surface area contributed by atoms with Crippen molar-refractivity contribution in [1.82, 2.24) is 14.5 Å². The lowest BCUT2D eigenvalue weighted by molar-refractivity contribution is -0.150. The normalized spacial score (nSPS) is 24.2. The predicted octanol–water partition coefficient (Wildman–Crippen LogP) is 2.29. The molecule has 0 spiro atoms. The third kappa shape index (κ3) is 2.39. The van der Waals surface area contributed by atoms with Gasteiger partial charge in [-0.2, -0.15) is 0 Å². The van der Waals surface area contributed by atoms with Gasteiger partial charge in [-0.1, -0.05) is 6.92 Å². The number of carboxylic acids is 1. The minimum atomic E-state index is -0.692. The summed E-state index contributed by atoms with van der Waals surface area (Å²) in [7, 11) is 0. The quantitative estimate of drug-likeness (QED) is 0.887. The molecule has 1 aromatic rings. The number of hydrogen-bond donors (Lipinski definition) is 1. The second-order valence-electron chi connectivity index (χ2n) is 5.60. The molecule has 0 bridgehead atoms. The molecule has 1 saturated heterocycles. The maximum absolute atomic E-state index is 11.6. The number of hydrogen-bond acceptors (Lipinski definition) is 3. The van der Waals surface area contributed by atoms with Crippen molar-refractivity contribution in [3.05, 3.63) is 18.2 Å². The van der Waals surface area contributed by atoms with E-state index in [-0.39, 0.29) is 0 Å². The average molecular weight is 265 g/mol. The summed E-state index contributed by atoms with van der Waals surface area (Å²) >= 11 is 0. The number of nitrogens with zero attached hydrogens (tertiary/aromatic N) is 3. The van der Waals surface area contributed by atoms with Gasteiger partial charge < -0.3 is 9.67 Å². The first-order valence-corrected chi connectivity index (χ1v) is 7.00. The van der Waals surface area contributed by atoms with Gasteiger partial charge in [0.1, 0.15) is 5.54 Å². The zero-order chi connectivity index (χ0) is 14.0. The van der Waals surface area contributed by atoms with Crippen LogP contribution in [0.5, 0.6) is 0 Å². The first-order valence-electron chi connectivity index (χ1n) is 7.00. The lowest BCUT2D eigenvalue weighted by atomic mass is 9.93. The highest BCUT2D eigenvalue weighted by atomic mass is 16.4. The SMILES string of the molecule is CCC1(C(=O)O)CCCN1Cc1cncn1C(C)C. The number of carboxylic acid groups (broad SMARTS) is 1. The standard InChI is InChI=1S/C14H23N3O2/c1-4-14(13(18)19)6-5-7-16(14)9-12-8-15-10-17(12)11(2)3/h8,10-11H,4-7,9H2,1-3H3,(H,18,19). The van der Waals surface area contributed by atoms with Gasteiger partial charge in [-0.25, -0.2) is 4.98 Å². The molecule has 0 amide bonds. The molecule has 1 atom stereocenters. The predicted molar refractivity (Wildman–Crippen MR) is 72.9 cm³/mol. The zero-order valence-corrected chi connectivity index (χ0v) is 12.0. The molecule has 0 aliphatic carbocycles. The smallest absolute Gasteiger partial charge is 0.324 e. The van der Waals surface area contributed by atoms with Crippen molar-refractivity contribution in [1.29, 1.82) is 0 Å². The second-order valence-corrected chi connectivity index (χ2v) is 5.60. The molecule has 1 fully saturated rings. The molecule has 1 unspecified atom stereocenters. The summed E-state index contributed by atoms with van der Waals surface area (Å²) < 4.78 is 2.11. The topological polar surface area (TPSA) is 58.4 Å². The van der Waals surface area contributed by atoms with E-state index in [1.807, 2.05) is 19.4 Å². The van der Waals surface area contributed by atoms with Gasteiger partial charge >= 0.3 is 5.97 Å². The lowest BCUT2D eigenvalue weighted by Crippen LogP contribution is -2.49. The lowest BCUT2D eigenvalue weighted by Gasteiger charge is -2.34. The first-order chi connectivity index (χ1) is 9.01. The van der Waals surface area contributed by atoms with Crippen LogP contribution in [0.25, 0.3) is 0 Å². The van der Waals surface area contributed by atoms with Crippen LogP contribution in [0.4, 0.5) is 0 Å². The van der Waals surface area contributed by atoms with E-state index < -0.39 is 11.5 Å². The van der Waals surface area contributed by atoms with Crippen molar-refractivity contribution in [2.45, 2.75) is 58.2 Å². The van der Waals surface area contributed by atoms with Gasteiger partial charge in [0, 0.05) is 18.8 Å². The van der Waals surface area contributed by atoms with Crippen LogP contribution >= 0.6 is 0 Å². The largest absolute Gasteiger partial charge is 0.480 e. The Bertz CT molecular complexity index is 455. The molecular formula is C14H23N3O2. The van der Waals surface area contributed by atoms with E-state index in [2.05, 4.69) is 28.3 Å². The molecule has 106 valence electrons. The van der Waals surface area contributed by atoms with E-state index in [0.29, 0.717) is 19.0 Å². The van der Waals surface area contributed by atoms with Crippen molar-refractivity contribution < 1.29 is 9.90 Å². The monoisotopic (exact) mass is 265 g/mol. The van der Waals surface area contributed by atoms with Crippen LogP contribution in [0.2, 0.25) is 0 Å². The van der Waals surface area contributed by atoms with Crippen molar-refractivity contribution in [3.63, 3.8) is 0 Å². The highest BCUT2D eigenvalue weighted by Crippen LogP contribution is 2.34. The van der Waals surface area contributed by atoms with Gasteiger partial charge in [0.25, 0.3) is 0 Å². The molecule has 1 aliphatic rings. The van der Waals surface area contributed by atoms with Gasteiger partial charge in [-0.15, -0.1) is 0 Å². The number of aliphatic carboxylic acids is 1. The maximum atomic E-state index is 11.6. The van der Waals surface area contributed by atoms with Crippen LogP contribution in [0.1, 0.15) is 51.8 Å². The molecule has 5 nitrogen and oxygen atoms in total.